The van der Waals surface area contributed by atoms with Crippen molar-refractivity contribution < 1.29 is 17.5 Å². The van der Waals surface area contributed by atoms with Crippen molar-refractivity contribution in [2.24, 2.45) is 0 Å². The standard InChI is InChI=1S/C24H25FN4O3S/c1-26-14-18-12-24(22-8-3-4-9-23(22)25)29(16-18)33(30,31)21-7-5-6-19(13-21)20-15-27-28(17-20)10-11-32-2/h3-9,12-13,15-17,26H,10-11,14H2,1-2H3. The maximum absolute atomic E-state index is 14.6. The van der Waals surface area contributed by atoms with Crippen molar-refractivity contribution in [1.29, 1.82) is 0 Å². The first-order chi connectivity index (χ1) is 15.9. The van der Waals surface area contributed by atoms with Crippen molar-refractivity contribution in [3.05, 3.63) is 84.6 Å². The summed E-state index contributed by atoms with van der Waals surface area (Å²) in [5.41, 5.74) is 2.74. The summed E-state index contributed by atoms with van der Waals surface area (Å²) in [6.45, 7) is 1.57. The molecule has 2 aromatic heterocycles. The van der Waals surface area contributed by atoms with Gasteiger partial charge in [0.1, 0.15) is 5.82 Å². The Bertz CT molecular complexity index is 1360. The van der Waals surface area contributed by atoms with Crippen LogP contribution in [0.4, 0.5) is 4.39 Å². The molecule has 0 atom stereocenters. The predicted octanol–water partition coefficient (Wildman–Crippen LogP) is 3.76. The van der Waals surface area contributed by atoms with Gasteiger partial charge in [-0.1, -0.05) is 24.3 Å². The second-order valence-corrected chi connectivity index (χ2v) is 9.37. The molecule has 7 nitrogen and oxygen atoms in total. The molecule has 0 saturated heterocycles. The normalized spacial score (nSPS) is 11.7. The molecule has 33 heavy (non-hydrogen) atoms. The fourth-order valence-corrected chi connectivity index (χ4v) is 5.07. The van der Waals surface area contributed by atoms with Crippen molar-refractivity contribution >= 4 is 10.0 Å². The number of ether oxygens (including phenoxy) is 1. The zero-order chi connectivity index (χ0) is 23.4. The molecule has 9 heteroatoms. The second-order valence-electron chi connectivity index (χ2n) is 7.56. The minimum absolute atomic E-state index is 0.105. The summed E-state index contributed by atoms with van der Waals surface area (Å²) in [5, 5.41) is 7.31. The van der Waals surface area contributed by atoms with E-state index in [1.54, 1.807) is 61.4 Å². The van der Waals surface area contributed by atoms with Gasteiger partial charge in [-0.15, -0.1) is 0 Å². The largest absolute Gasteiger partial charge is 0.383 e. The topological polar surface area (TPSA) is 78.2 Å². The van der Waals surface area contributed by atoms with Crippen LogP contribution in [0.2, 0.25) is 0 Å². The Balaban J connectivity index is 1.77. The molecule has 4 aromatic rings. The van der Waals surface area contributed by atoms with Crippen LogP contribution in [0, 0.1) is 5.82 Å². The summed E-state index contributed by atoms with van der Waals surface area (Å²) in [6.07, 6.45) is 5.06. The Morgan fingerprint density at radius 1 is 1.06 bits per heavy atom. The molecule has 1 N–H and O–H groups in total. The number of halogens is 1. The molecular weight excluding hydrogens is 443 g/mol. The van der Waals surface area contributed by atoms with Gasteiger partial charge in [0.15, 0.2) is 0 Å². The molecular formula is C24H25FN4O3S. The van der Waals surface area contributed by atoms with Gasteiger partial charge < -0.3 is 10.1 Å². The summed E-state index contributed by atoms with van der Waals surface area (Å²) in [6, 6.07) is 14.5. The van der Waals surface area contributed by atoms with E-state index in [0.717, 1.165) is 20.7 Å². The number of benzene rings is 2. The quantitative estimate of drug-likeness (QED) is 0.405. The Morgan fingerprint density at radius 3 is 2.64 bits per heavy atom. The van der Waals surface area contributed by atoms with Crippen LogP contribution < -0.4 is 5.32 Å². The maximum Gasteiger partial charge on any atom is 0.268 e. The van der Waals surface area contributed by atoms with Crippen LogP contribution in [0.1, 0.15) is 5.56 Å². The van der Waals surface area contributed by atoms with Crippen LogP contribution >= 0.6 is 0 Å². The van der Waals surface area contributed by atoms with Gasteiger partial charge in [-0.3, -0.25) is 4.68 Å². The maximum atomic E-state index is 14.6. The van der Waals surface area contributed by atoms with E-state index in [0.29, 0.717) is 19.7 Å². The Hall–Kier alpha value is -3.27. The molecule has 2 aromatic carbocycles. The lowest BCUT2D eigenvalue weighted by Crippen LogP contribution is -2.14. The van der Waals surface area contributed by atoms with Gasteiger partial charge in [0.05, 0.1) is 29.9 Å². The number of hydrogen-bond donors (Lipinski definition) is 1. The van der Waals surface area contributed by atoms with Gasteiger partial charge in [0.2, 0.25) is 0 Å². The molecule has 0 aliphatic carbocycles. The summed E-state index contributed by atoms with van der Waals surface area (Å²) in [4.78, 5) is 0.105. The lowest BCUT2D eigenvalue weighted by molar-refractivity contribution is 0.183. The van der Waals surface area contributed by atoms with Crippen LogP contribution in [0.15, 0.2) is 78.1 Å². The third-order valence-corrected chi connectivity index (χ3v) is 6.92. The van der Waals surface area contributed by atoms with Crippen molar-refractivity contribution in [3.63, 3.8) is 0 Å². The van der Waals surface area contributed by atoms with Crippen molar-refractivity contribution in [2.75, 3.05) is 20.8 Å². The first-order valence-corrected chi connectivity index (χ1v) is 11.9. The minimum Gasteiger partial charge on any atom is -0.383 e. The highest BCUT2D eigenvalue weighted by Gasteiger charge is 2.23. The molecule has 0 aliphatic heterocycles. The summed E-state index contributed by atoms with van der Waals surface area (Å²) < 4.78 is 49.9. The number of aromatic nitrogens is 3. The smallest absolute Gasteiger partial charge is 0.268 e. The first-order valence-electron chi connectivity index (χ1n) is 10.4. The lowest BCUT2D eigenvalue weighted by atomic mass is 10.1. The van der Waals surface area contributed by atoms with Crippen molar-refractivity contribution in [2.45, 2.75) is 18.0 Å². The van der Waals surface area contributed by atoms with Crippen LogP contribution in [0.5, 0.6) is 0 Å². The zero-order valence-electron chi connectivity index (χ0n) is 18.4. The summed E-state index contributed by atoms with van der Waals surface area (Å²) in [5.74, 6) is -0.486. The third-order valence-electron chi connectivity index (χ3n) is 5.26. The van der Waals surface area contributed by atoms with Crippen LogP contribution in [0.3, 0.4) is 0 Å². The first kappa shape index (κ1) is 22.9. The van der Waals surface area contributed by atoms with E-state index >= 15 is 0 Å². The van der Waals surface area contributed by atoms with Gasteiger partial charge >= 0.3 is 0 Å². The van der Waals surface area contributed by atoms with Crippen molar-refractivity contribution in [3.8, 4) is 22.4 Å². The SMILES string of the molecule is CNCc1cc(-c2ccccc2F)n(S(=O)(=O)c2cccc(-c3cnn(CCOC)c3)c2)c1. The summed E-state index contributed by atoms with van der Waals surface area (Å²) >= 11 is 0. The van der Waals surface area contributed by atoms with E-state index in [9.17, 15) is 12.8 Å². The predicted molar refractivity (Wildman–Crippen MR) is 125 cm³/mol. The Morgan fingerprint density at radius 2 is 1.88 bits per heavy atom. The Labute approximate surface area is 192 Å². The molecule has 172 valence electrons. The van der Waals surface area contributed by atoms with E-state index in [4.69, 9.17) is 4.74 Å². The van der Waals surface area contributed by atoms with E-state index < -0.39 is 15.8 Å². The van der Waals surface area contributed by atoms with Crippen LogP contribution in [0.25, 0.3) is 22.4 Å². The van der Waals surface area contributed by atoms with Crippen LogP contribution in [-0.2, 0) is 27.8 Å². The Kier molecular flexibility index (Phi) is 6.73. The number of hydrogen-bond acceptors (Lipinski definition) is 5. The van der Waals surface area contributed by atoms with Gasteiger partial charge in [-0.05, 0) is 48.5 Å². The molecule has 0 spiro atoms. The van der Waals surface area contributed by atoms with Crippen LogP contribution in [-0.4, -0.2) is 42.9 Å². The van der Waals surface area contributed by atoms with Crippen molar-refractivity contribution in [1.82, 2.24) is 19.1 Å². The van der Waals surface area contributed by atoms with E-state index in [1.165, 1.54) is 18.3 Å². The molecule has 0 saturated carbocycles. The molecule has 0 aliphatic rings. The molecule has 0 amide bonds. The highest BCUT2D eigenvalue weighted by Crippen LogP contribution is 2.30. The molecule has 0 bridgehead atoms. The van der Waals surface area contributed by atoms with E-state index in [-0.39, 0.29) is 16.2 Å². The zero-order valence-corrected chi connectivity index (χ0v) is 19.2. The van der Waals surface area contributed by atoms with E-state index in [1.807, 2.05) is 12.3 Å². The highest BCUT2D eigenvalue weighted by molar-refractivity contribution is 7.90. The molecule has 0 fully saturated rings. The van der Waals surface area contributed by atoms with Gasteiger partial charge in [0, 0.05) is 37.2 Å². The number of rotatable bonds is 9. The minimum atomic E-state index is -3.99. The number of nitrogens with one attached hydrogen (secondary N) is 1. The second kappa shape index (κ2) is 9.70. The average Bonchev–Trinajstić information content (AvgIpc) is 3.46. The highest BCUT2D eigenvalue weighted by atomic mass is 32.2. The van der Waals surface area contributed by atoms with Gasteiger partial charge in [-0.25, -0.2) is 16.8 Å². The molecule has 2 heterocycles. The van der Waals surface area contributed by atoms with Gasteiger partial charge in [-0.2, -0.15) is 5.10 Å². The number of nitrogens with zero attached hydrogens (tertiary/aromatic N) is 3. The summed E-state index contributed by atoms with van der Waals surface area (Å²) in [7, 11) is -0.604. The molecule has 4 rings (SSSR count). The molecule has 0 unspecified atom stereocenters. The van der Waals surface area contributed by atoms with E-state index in [2.05, 4.69) is 10.4 Å². The fourth-order valence-electron chi connectivity index (χ4n) is 3.63. The monoisotopic (exact) mass is 468 g/mol. The lowest BCUT2D eigenvalue weighted by Gasteiger charge is -2.12. The number of methoxy groups -OCH3 is 1. The fraction of sp³-hybridized carbons (Fsp3) is 0.208. The average molecular weight is 469 g/mol. The van der Waals surface area contributed by atoms with Gasteiger partial charge in [0.25, 0.3) is 10.0 Å². The third kappa shape index (κ3) is 4.75. The molecule has 0 radical (unpaired) electrons.